The Bertz CT molecular complexity index is 1540. The van der Waals surface area contributed by atoms with Crippen molar-refractivity contribution in [1.29, 1.82) is 0 Å². The van der Waals surface area contributed by atoms with Gasteiger partial charge in [-0.15, -0.1) is 0 Å². The molecular formula is C31H31N5O4. The summed E-state index contributed by atoms with van der Waals surface area (Å²) in [4.78, 5) is 21.7. The Balaban J connectivity index is 1.27. The van der Waals surface area contributed by atoms with Crippen molar-refractivity contribution in [3.8, 4) is 17.0 Å². The molecule has 0 fully saturated rings. The van der Waals surface area contributed by atoms with Crippen LogP contribution in [0.2, 0.25) is 0 Å². The third-order valence-electron chi connectivity index (χ3n) is 7.08. The van der Waals surface area contributed by atoms with Crippen LogP contribution in [-0.4, -0.2) is 29.0 Å². The van der Waals surface area contributed by atoms with Crippen LogP contribution in [0.5, 0.6) is 5.75 Å². The van der Waals surface area contributed by atoms with Crippen LogP contribution in [0.4, 0.5) is 17.3 Å². The van der Waals surface area contributed by atoms with Crippen molar-refractivity contribution in [2.45, 2.75) is 39.3 Å². The molecule has 4 aromatic rings. The fraction of sp³-hybridized carbons (Fsp3) is 0.258. The summed E-state index contributed by atoms with van der Waals surface area (Å²) in [6.45, 7) is 3.20. The lowest BCUT2D eigenvalue weighted by Gasteiger charge is -2.16. The number of nitrogens with zero attached hydrogens (tertiary/aromatic N) is 2. The van der Waals surface area contributed by atoms with Crippen molar-refractivity contribution in [2.24, 2.45) is 0 Å². The summed E-state index contributed by atoms with van der Waals surface area (Å²) in [5.74, 6) is 1.02. The molecule has 1 amide bonds. The summed E-state index contributed by atoms with van der Waals surface area (Å²) in [6, 6.07) is 19.2. The number of carbonyl (C=O) groups excluding carboxylic acids is 1. The first-order chi connectivity index (χ1) is 19.6. The van der Waals surface area contributed by atoms with Gasteiger partial charge >= 0.3 is 0 Å². The number of nitrogens with one attached hydrogen (secondary N) is 2. The van der Waals surface area contributed by atoms with Crippen molar-refractivity contribution in [1.82, 2.24) is 15.3 Å². The van der Waals surface area contributed by atoms with E-state index in [0.717, 1.165) is 41.0 Å². The highest BCUT2D eigenvalue weighted by molar-refractivity contribution is 5.96. The van der Waals surface area contributed by atoms with Crippen LogP contribution in [0.15, 0.2) is 66.9 Å². The molecule has 7 rings (SSSR count). The Morgan fingerprint density at radius 1 is 0.950 bits per heavy atom. The van der Waals surface area contributed by atoms with Crippen molar-refractivity contribution in [2.75, 3.05) is 24.2 Å². The normalized spacial score (nSPS) is 15.2. The van der Waals surface area contributed by atoms with Crippen LogP contribution in [0.1, 0.15) is 45.5 Å². The number of anilines is 3. The van der Waals surface area contributed by atoms with Crippen molar-refractivity contribution in [3.63, 3.8) is 0 Å². The van der Waals surface area contributed by atoms with E-state index in [2.05, 4.69) is 32.7 Å². The molecule has 3 aromatic carbocycles. The van der Waals surface area contributed by atoms with E-state index in [1.165, 1.54) is 11.1 Å². The van der Waals surface area contributed by atoms with Gasteiger partial charge in [-0.05, 0) is 72.0 Å². The highest BCUT2D eigenvalue weighted by atomic mass is 16.5. The average molecular weight is 538 g/mol. The van der Waals surface area contributed by atoms with Gasteiger partial charge in [0.1, 0.15) is 12.4 Å². The summed E-state index contributed by atoms with van der Waals surface area (Å²) in [7, 11) is 0. The molecule has 9 heteroatoms. The van der Waals surface area contributed by atoms with Gasteiger partial charge in [-0.2, -0.15) is 0 Å². The molecule has 0 radical (unpaired) electrons. The van der Waals surface area contributed by atoms with E-state index in [9.17, 15) is 4.79 Å². The molecule has 204 valence electrons. The molecule has 0 atom stereocenters. The molecule has 0 spiro atoms. The molecule has 4 heterocycles. The van der Waals surface area contributed by atoms with E-state index in [0.29, 0.717) is 62.5 Å². The van der Waals surface area contributed by atoms with E-state index < -0.39 is 0 Å². The van der Waals surface area contributed by atoms with Gasteiger partial charge in [0.2, 0.25) is 5.95 Å². The number of aromatic nitrogens is 2. The van der Waals surface area contributed by atoms with Crippen molar-refractivity contribution >= 4 is 23.2 Å². The Morgan fingerprint density at radius 2 is 1.88 bits per heavy atom. The van der Waals surface area contributed by atoms with E-state index >= 15 is 0 Å². The van der Waals surface area contributed by atoms with Crippen LogP contribution in [0.3, 0.4) is 0 Å². The van der Waals surface area contributed by atoms with Gasteiger partial charge < -0.3 is 30.6 Å². The third kappa shape index (κ3) is 5.75. The second-order valence-corrected chi connectivity index (χ2v) is 9.87. The molecule has 0 saturated carbocycles. The highest BCUT2D eigenvalue weighted by Gasteiger charge is 2.16. The maximum absolute atomic E-state index is 12.6. The number of rotatable bonds is 3. The van der Waals surface area contributed by atoms with Gasteiger partial charge in [-0.25, -0.2) is 9.97 Å². The molecule has 3 aliphatic rings. The molecule has 4 N–H and O–H groups in total. The average Bonchev–Trinajstić information content (AvgIpc) is 3.45. The fourth-order valence-corrected chi connectivity index (χ4v) is 4.92. The maximum atomic E-state index is 12.6. The van der Waals surface area contributed by atoms with Crippen LogP contribution in [0, 0.1) is 0 Å². The maximum Gasteiger partial charge on any atom is 0.251 e. The zero-order valence-corrected chi connectivity index (χ0v) is 22.1. The molecule has 40 heavy (non-hydrogen) atoms. The molecule has 0 saturated heterocycles. The van der Waals surface area contributed by atoms with Crippen LogP contribution in [0.25, 0.3) is 11.3 Å². The fourth-order valence-electron chi connectivity index (χ4n) is 4.92. The molecule has 9 nitrogen and oxygen atoms in total. The zero-order valence-electron chi connectivity index (χ0n) is 22.1. The molecule has 1 aromatic heterocycles. The van der Waals surface area contributed by atoms with E-state index in [1.54, 1.807) is 24.4 Å². The van der Waals surface area contributed by atoms with E-state index in [1.807, 2.05) is 30.3 Å². The summed E-state index contributed by atoms with van der Waals surface area (Å²) in [6.07, 6.45) is 3.29. The number of ether oxygens (including phenoxy) is 3. The van der Waals surface area contributed by atoms with Gasteiger partial charge in [-0.3, -0.25) is 4.79 Å². The third-order valence-corrected chi connectivity index (χ3v) is 7.08. The number of hydrogen-bond donors (Lipinski definition) is 3. The molecule has 0 unspecified atom stereocenters. The minimum Gasteiger partial charge on any atom is -0.489 e. The van der Waals surface area contributed by atoms with Crippen molar-refractivity contribution in [3.05, 3.63) is 94.7 Å². The van der Waals surface area contributed by atoms with Gasteiger partial charge in [-0.1, -0.05) is 18.2 Å². The lowest BCUT2D eigenvalue weighted by molar-refractivity contribution is 0.0945. The summed E-state index contributed by atoms with van der Waals surface area (Å²) in [5.41, 5.74) is 14.0. The second-order valence-electron chi connectivity index (χ2n) is 9.87. The van der Waals surface area contributed by atoms with Crippen LogP contribution >= 0.6 is 0 Å². The number of nitrogen functional groups attached to an aromatic ring is 1. The monoisotopic (exact) mass is 537 g/mol. The summed E-state index contributed by atoms with van der Waals surface area (Å²) >= 11 is 0. The summed E-state index contributed by atoms with van der Waals surface area (Å²) in [5, 5.41) is 6.25. The highest BCUT2D eigenvalue weighted by Crippen LogP contribution is 2.30. The summed E-state index contributed by atoms with van der Waals surface area (Å²) < 4.78 is 17.9. The number of nitrogens with two attached hydrogens (primary N) is 1. The first-order valence-corrected chi connectivity index (χ1v) is 13.4. The lowest BCUT2D eigenvalue weighted by atomic mass is 10.0. The lowest BCUT2D eigenvalue weighted by Crippen LogP contribution is -2.24. The second kappa shape index (κ2) is 11.7. The van der Waals surface area contributed by atoms with Gasteiger partial charge in [0.15, 0.2) is 0 Å². The Kier molecular flexibility index (Phi) is 7.56. The molecular weight excluding hydrogens is 506 g/mol. The predicted octanol–water partition coefficient (Wildman–Crippen LogP) is 5.12. The smallest absolute Gasteiger partial charge is 0.251 e. The number of benzene rings is 3. The van der Waals surface area contributed by atoms with E-state index in [-0.39, 0.29) is 5.91 Å². The number of hydrogen-bond acceptors (Lipinski definition) is 8. The zero-order chi connectivity index (χ0) is 27.3. The molecule has 6 bridgehead atoms. The number of carbonyl (C=O) groups is 1. The quantitative estimate of drug-likeness (QED) is 0.308. The van der Waals surface area contributed by atoms with Crippen LogP contribution in [-0.2, 0) is 35.9 Å². The first kappa shape index (κ1) is 25.8. The minimum atomic E-state index is -0.157. The Hall–Kier alpha value is -4.47. The standard InChI is InChI=1S/C31H31N5O4/c32-27-15-20-6-8-25(27)28-10-12-34-31(36-28)35-24-7-9-29(23(14-24)17-38-13-2-1-11-33-30(20)37)40-18-22-5-3-4-21-16-39-19-26(21)22/h3-10,12,14-15H,1-2,11,13,16-19,32H2,(H,33,37)(H,34,35,36). The number of amides is 1. The Labute approximate surface area is 232 Å². The first-order valence-electron chi connectivity index (χ1n) is 13.4. The molecule has 0 aliphatic carbocycles. The SMILES string of the molecule is Nc1cc2ccc1-c1ccnc(n1)Nc1ccc(OCc3cccc4c3COC4)c(c1)COCCCCNC2=O. The number of fused-ring (bicyclic) bond motifs is 10. The van der Waals surface area contributed by atoms with E-state index in [4.69, 9.17) is 19.9 Å². The van der Waals surface area contributed by atoms with Gasteiger partial charge in [0.05, 0.1) is 25.5 Å². The Morgan fingerprint density at radius 3 is 2.80 bits per heavy atom. The largest absolute Gasteiger partial charge is 0.489 e. The van der Waals surface area contributed by atoms with Gasteiger partial charge in [0, 0.05) is 47.4 Å². The topological polar surface area (TPSA) is 121 Å². The van der Waals surface area contributed by atoms with Crippen LogP contribution < -0.4 is 21.1 Å². The molecule has 3 aliphatic heterocycles. The van der Waals surface area contributed by atoms with Gasteiger partial charge in [0.25, 0.3) is 5.91 Å². The predicted molar refractivity (Wildman–Crippen MR) is 152 cm³/mol. The minimum absolute atomic E-state index is 0.157. The van der Waals surface area contributed by atoms with Crippen molar-refractivity contribution < 1.29 is 19.0 Å².